The van der Waals surface area contributed by atoms with Crippen molar-refractivity contribution in [1.29, 1.82) is 0 Å². The maximum Gasteiger partial charge on any atom is 0.299 e. The van der Waals surface area contributed by atoms with Crippen LogP contribution in [0.15, 0.2) is 35.2 Å². The molecule has 0 saturated carbocycles. The Morgan fingerprint density at radius 3 is 2.39 bits per heavy atom. The van der Waals surface area contributed by atoms with Gasteiger partial charge in [-0.2, -0.15) is 0 Å². The van der Waals surface area contributed by atoms with E-state index in [1.165, 1.54) is 30.3 Å². The second-order valence-corrected chi connectivity index (χ2v) is 5.25. The standard InChI is InChI=1S/C10H9N3O4S/c11-9-4-1-6-5-7(18(12,16)17)2-3-8(6)10(9)13(14)15/h1-5H,11H2,(H2,12,16,17). The lowest BCUT2D eigenvalue weighted by Gasteiger charge is -2.04. The SMILES string of the molecule is Nc1ccc2cc(S(N)(=O)=O)ccc2c1[N+](=O)[O-]. The van der Waals surface area contributed by atoms with Crippen LogP contribution in [0.3, 0.4) is 0 Å². The topological polar surface area (TPSA) is 129 Å². The zero-order valence-electron chi connectivity index (χ0n) is 9.03. The normalized spacial score (nSPS) is 11.6. The van der Waals surface area contributed by atoms with Crippen LogP contribution in [-0.2, 0) is 10.0 Å². The predicted molar refractivity (Wildman–Crippen MR) is 66.4 cm³/mol. The summed E-state index contributed by atoms with van der Waals surface area (Å²) in [5, 5.41) is 16.6. The van der Waals surface area contributed by atoms with Crippen molar-refractivity contribution in [2.24, 2.45) is 5.14 Å². The maximum atomic E-state index is 11.2. The largest absolute Gasteiger partial charge is 0.393 e. The molecule has 2 rings (SSSR count). The number of hydrogen-bond donors (Lipinski definition) is 2. The van der Waals surface area contributed by atoms with Crippen molar-refractivity contribution in [3.05, 3.63) is 40.4 Å². The molecule has 0 aliphatic carbocycles. The third kappa shape index (κ3) is 1.98. The first-order chi connectivity index (χ1) is 8.30. The van der Waals surface area contributed by atoms with Gasteiger partial charge in [0.2, 0.25) is 10.0 Å². The van der Waals surface area contributed by atoms with Crippen molar-refractivity contribution in [3.63, 3.8) is 0 Å². The molecular weight excluding hydrogens is 258 g/mol. The fourth-order valence-electron chi connectivity index (χ4n) is 1.69. The van der Waals surface area contributed by atoms with Gasteiger partial charge in [0.25, 0.3) is 5.69 Å². The summed E-state index contributed by atoms with van der Waals surface area (Å²) in [5.74, 6) is 0. The van der Waals surface area contributed by atoms with Gasteiger partial charge in [-0.1, -0.05) is 6.07 Å². The highest BCUT2D eigenvalue weighted by atomic mass is 32.2. The van der Waals surface area contributed by atoms with Gasteiger partial charge in [-0.3, -0.25) is 10.1 Å². The number of hydrogen-bond acceptors (Lipinski definition) is 5. The summed E-state index contributed by atoms with van der Waals surface area (Å²) in [5.41, 5.74) is 5.31. The minimum atomic E-state index is -3.84. The third-order valence-electron chi connectivity index (χ3n) is 2.51. The fraction of sp³-hybridized carbons (Fsp3) is 0. The van der Waals surface area contributed by atoms with Crippen LogP contribution in [0.25, 0.3) is 10.8 Å². The maximum absolute atomic E-state index is 11.2. The van der Waals surface area contributed by atoms with Crippen LogP contribution in [0.2, 0.25) is 0 Å². The number of rotatable bonds is 2. The highest BCUT2D eigenvalue weighted by Crippen LogP contribution is 2.32. The number of nitrogens with zero attached hydrogens (tertiary/aromatic N) is 1. The predicted octanol–water partition coefficient (Wildman–Crippen LogP) is 0.978. The highest BCUT2D eigenvalue weighted by molar-refractivity contribution is 7.89. The molecule has 0 atom stereocenters. The minimum absolute atomic E-state index is 0.0239. The molecule has 94 valence electrons. The summed E-state index contributed by atoms with van der Waals surface area (Å²) in [6.07, 6.45) is 0. The summed E-state index contributed by atoms with van der Waals surface area (Å²) in [6, 6.07) is 6.67. The van der Waals surface area contributed by atoms with Gasteiger partial charge in [0, 0.05) is 0 Å². The van der Waals surface area contributed by atoms with Crippen molar-refractivity contribution in [1.82, 2.24) is 0 Å². The Morgan fingerprint density at radius 2 is 1.83 bits per heavy atom. The molecule has 0 bridgehead atoms. The molecule has 0 unspecified atom stereocenters. The lowest BCUT2D eigenvalue weighted by molar-refractivity contribution is -0.382. The molecule has 0 saturated heterocycles. The lowest BCUT2D eigenvalue weighted by atomic mass is 10.1. The van der Waals surface area contributed by atoms with E-state index in [4.69, 9.17) is 10.9 Å². The molecule has 18 heavy (non-hydrogen) atoms. The number of nitro groups is 1. The van der Waals surface area contributed by atoms with E-state index in [2.05, 4.69) is 0 Å². The van der Waals surface area contributed by atoms with E-state index in [9.17, 15) is 18.5 Å². The molecule has 7 nitrogen and oxygen atoms in total. The quantitative estimate of drug-likeness (QED) is 0.476. The molecule has 0 amide bonds. The van der Waals surface area contributed by atoms with Gasteiger partial charge in [0.1, 0.15) is 5.69 Å². The van der Waals surface area contributed by atoms with E-state index in [1.54, 1.807) is 0 Å². The summed E-state index contributed by atoms with van der Waals surface area (Å²) < 4.78 is 22.4. The summed E-state index contributed by atoms with van der Waals surface area (Å²) in [6.45, 7) is 0. The third-order valence-corrected chi connectivity index (χ3v) is 3.42. The molecule has 0 aromatic heterocycles. The van der Waals surface area contributed by atoms with Gasteiger partial charge in [0.05, 0.1) is 15.2 Å². The average Bonchev–Trinajstić information content (AvgIpc) is 2.26. The van der Waals surface area contributed by atoms with Gasteiger partial charge in [-0.05, 0) is 29.7 Å². The summed E-state index contributed by atoms with van der Waals surface area (Å²) in [7, 11) is -3.84. The smallest absolute Gasteiger partial charge is 0.299 e. The Labute approximate surface area is 102 Å². The van der Waals surface area contributed by atoms with E-state index in [-0.39, 0.29) is 21.7 Å². The van der Waals surface area contributed by atoms with E-state index in [1.807, 2.05) is 0 Å². The van der Waals surface area contributed by atoms with Gasteiger partial charge in [0.15, 0.2) is 0 Å². The summed E-state index contributed by atoms with van der Waals surface area (Å²) >= 11 is 0. The molecule has 4 N–H and O–H groups in total. The van der Waals surface area contributed by atoms with Crippen LogP contribution in [-0.4, -0.2) is 13.3 Å². The molecule has 0 fully saturated rings. The number of nitrogen functional groups attached to an aromatic ring is 1. The average molecular weight is 267 g/mol. The monoisotopic (exact) mass is 267 g/mol. The zero-order chi connectivity index (χ0) is 13.5. The number of nitrogens with two attached hydrogens (primary N) is 2. The van der Waals surface area contributed by atoms with Crippen LogP contribution in [0.1, 0.15) is 0 Å². The van der Waals surface area contributed by atoms with Crippen LogP contribution < -0.4 is 10.9 Å². The lowest BCUT2D eigenvalue weighted by Crippen LogP contribution is -2.11. The highest BCUT2D eigenvalue weighted by Gasteiger charge is 2.18. The van der Waals surface area contributed by atoms with Crippen LogP contribution >= 0.6 is 0 Å². The first-order valence-corrected chi connectivity index (χ1v) is 6.35. The van der Waals surface area contributed by atoms with Gasteiger partial charge in [-0.25, -0.2) is 13.6 Å². The molecular formula is C10H9N3O4S. The summed E-state index contributed by atoms with van der Waals surface area (Å²) in [4.78, 5) is 10.2. The fourth-order valence-corrected chi connectivity index (χ4v) is 2.24. The molecule has 0 spiro atoms. The number of nitro benzene ring substituents is 1. The van der Waals surface area contributed by atoms with E-state index in [0.29, 0.717) is 5.39 Å². The Bertz CT molecular complexity index is 755. The van der Waals surface area contributed by atoms with Crippen molar-refractivity contribution < 1.29 is 13.3 Å². The van der Waals surface area contributed by atoms with Gasteiger partial charge >= 0.3 is 0 Å². The van der Waals surface area contributed by atoms with E-state index < -0.39 is 14.9 Å². The number of fused-ring (bicyclic) bond motifs is 1. The van der Waals surface area contributed by atoms with Crippen LogP contribution in [0.5, 0.6) is 0 Å². The van der Waals surface area contributed by atoms with Gasteiger partial charge in [-0.15, -0.1) is 0 Å². The Kier molecular flexibility index (Phi) is 2.68. The molecule has 2 aromatic rings. The molecule has 0 heterocycles. The number of sulfonamides is 1. The second-order valence-electron chi connectivity index (χ2n) is 3.69. The Hall–Kier alpha value is -2.19. The molecule has 2 aromatic carbocycles. The first-order valence-electron chi connectivity index (χ1n) is 4.80. The van der Waals surface area contributed by atoms with Crippen LogP contribution in [0, 0.1) is 10.1 Å². The van der Waals surface area contributed by atoms with Crippen LogP contribution in [0.4, 0.5) is 11.4 Å². The van der Waals surface area contributed by atoms with Crippen molar-refractivity contribution in [3.8, 4) is 0 Å². The van der Waals surface area contributed by atoms with E-state index in [0.717, 1.165) is 0 Å². The Morgan fingerprint density at radius 1 is 1.17 bits per heavy atom. The number of anilines is 1. The number of benzene rings is 2. The molecule has 0 radical (unpaired) electrons. The Balaban J connectivity index is 2.84. The molecule has 8 heteroatoms. The second kappa shape index (κ2) is 3.93. The zero-order valence-corrected chi connectivity index (χ0v) is 9.85. The van der Waals surface area contributed by atoms with Gasteiger partial charge < -0.3 is 5.73 Å². The van der Waals surface area contributed by atoms with Crippen molar-refractivity contribution in [2.45, 2.75) is 4.90 Å². The van der Waals surface area contributed by atoms with E-state index >= 15 is 0 Å². The molecule has 0 aliphatic heterocycles. The van der Waals surface area contributed by atoms with Crippen molar-refractivity contribution in [2.75, 3.05) is 5.73 Å². The first kappa shape index (κ1) is 12.3. The van der Waals surface area contributed by atoms with Crippen molar-refractivity contribution >= 4 is 32.2 Å². The minimum Gasteiger partial charge on any atom is -0.393 e. The molecule has 0 aliphatic rings. The number of primary sulfonamides is 1.